The standard InChI is InChI=1S/C34H38ClN5O5/c1-21(41)36-27(20-23-6-2-3-8-26(23)35)30(42)39-18-5-15-34(39)16-13-25-11-12-28(40(25)33(34)45)31(43)38-19-14-22-9-10-24-7-4-17-37(24)32(44)29(22)38/h2-3,6,8-10,13,16,22,24-25,28-29H,4-5,7,11-12,14-15,17-20H2,1H3/t22-,24+,25-,28-,29-,34+/m0/s1. The van der Waals surface area contributed by atoms with Gasteiger partial charge in [-0.1, -0.05) is 54.1 Å². The van der Waals surface area contributed by atoms with Gasteiger partial charge in [-0.15, -0.1) is 0 Å². The molecule has 5 amide bonds. The Morgan fingerprint density at radius 1 is 0.956 bits per heavy atom. The van der Waals surface area contributed by atoms with Gasteiger partial charge < -0.3 is 19.6 Å². The summed E-state index contributed by atoms with van der Waals surface area (Å²) in [7, 11) is 0. The van der Waals surface area contributed by atoms with Crippen molar-refractivity contribution in [2.24, 2.45) is 10.9 Å². The summed E-state index contributed by atoms with van der Waals surface area (Å²) in [6.45, 7) is 2.79. The van der Waals surface area contributed by atoms with Crippen molar-refractivity contribution < 1.29 is 24.0 Å². The molecule has 1 aromatic rings. The molecule has 0 N–H and O–H groups in total. The molecule has 6 aliphatic heterocycles. The lowest BCUT2D eigenvalue weighted by Gasteiger charge is -2.44. The van der Waals surface area contributed by atoms with E-state index in [0.717, 1.165) is 19.3 Å². The zero-order valence-corrected chi connectivity index (χ0v) is 26.2. The Bertz CT molecular complexity index is 1550. The van der Waals surface area contributed by atoms with Crippen molar-refractivity contribution in [2.45, 2.75) is 88.0 Å². The summed E-state index contributed by atoms with van der Waals surface area (Å²) in [5.41, 5.74) is -0.591. The van der Waals surface area contributed by atoms with E-state index in [4.69, 9.17) is 11.6 Å². The van der Waals surface area contributed by atoms with Crippen molar-refractivity contribution in [3.05, 3.63) is 59.2 Å². The molecule has 0 bridgehead atoms. The molecule has 6 atom stereocenters. The molecule has 6 aliphatic rings. The van der Waals surface area contributed by atoms with Crippen LogP contribution in [0.15, 0.2) is 53.6 Å². The van der Waals surface area contributed by atoms with Crippen LogP contribution in [-0.4, -0.2) is 104 Å². The highest BCUT2D eigenvalue weighted by atomic mass is 35.5. The van der Waals surface area contributed by atoms with Crippen LogP contribution in [0.25, 0.3) is 0 Å². The number of likely N-dealkylation sites (tertiary alicyclic amines) is 2. The van der Waals surface area contributed by atoms with E-state index in [1.54, 1.807) is 34.1 Å². The van der Waals surface area contributed by atoms with Crippen molar-refractivity contribution in [1.29, 1.82) is 0 Å². The minimum atomic E-state index is -1.27. The van der Waals surface area contributed by atoms with Crippen molar-refractivity contribution in [1.82, 2.24) is 19.6 Å². The number of aliphatic imine (C=N–C) groups is 1. The number of halogens is 1. The van der Waals surface area contributed by atoms with Crippen LogP contribution < -0.4 is 0 Å². The largest absolute Gasteiger partial charge is 0.334 e. The first kappa shape index (κ1) is 29.9. The summed E-state index contributed by atoms with van der Waals surface area (Å²) >= 11 is 6.38. The van der Waals surface area contributed by atoms with Gasteiger partial charge in [0.25, 0.3) is 11.8 Å². The summed E-state index contributed by atoms with van der Waals surface area (Å²) in [4.78, 5) is 79.8. The molecule has 0 aliphatic carbocycles. The maximum atomic E-state index is 14.6. The lowest BCUT2D eigenvalue weighted by atomic mass is 9.88. The highest BCUT2D eigenvalue weighted by molar-refractivity contribution is 6.42. The molecule has 0 unspecified atom stereocenters. The van der Waals surface area contributed by atoms with Gasteiger partial charge in [0.05, 0.1) is 12.1 Å². The maximum absolute atomic E-state index is 14.6. The number of hydrogen-bond donors (Lipinski definition) is 0. The molecule has 1 aromatic carbocycles. The summed E-state index contributed by atoms with van der Waals surface area (Å²) in [6.07, 6.45) is 12.9. The van der Waals surface area contributed by atoms with Crippen LogP contribution in [0, 0.1) is 5.92 Å². The molecule has 7 rings (SSSR count). The minimum Gasteiger partial charge on any atom is -0.334 e. The molecule has 10 nitrogen and oxygen atoms in total. The highest BCUT2D eigenvalue weighted by Gasteiger charge is 2.58. The summed E-state index contributed by atoms with van der Waals surface area (Å²) < 4.78 is 0. The van der Waals surface area contributed by atoms with Crippen LogP contribution in [-0.2, 0) is 30.4 Å². The average molecular weight is 632 g/mol. The number of fused-ring (bicyclic) bond motifs is 3. The monoisotopic (exact) mass is 631 g/mol. The van der Waals surface area contributed by atoms with Gasteiger partial charge in [-0.2, -0.15) is 0 Å². The van der Waals surface area contributed by atoms with Crippen molar-refractivity contribution >= 4 is 46.8 Å². The Morgan fingerprint density at radius 2 is 1.78 bits per heavy atom. The van der Waals surface area contributed by atoms with Gasteiger partial charge in [0.1, 0.15) is 23.3 Å². The quantitative estimate of drug-likeness (QED) is 0.375. The fourth-order valence-electron chi connectivity index (χ4n) is 8.46. The van der Waals surface area contributed by atoms with Gasteiger partial charge in [0, 0.05) is 43.9 Å². The number of nitrogens with zero attached hydrogens (tertiary/aromatic N) is 5. The van der Waals surface area contributed by atoms with Crippen LogP contribution in [0.4, 0.5) is 0 Å². The van der Waals surface area contributed by atoms with Crippen LogP contribution >= 0.6 is 11.6 Å². The Labute approximate surface area is 267 Å². The highest BCUT2D eigenvalue weighted by Crippen LogP contribution is 2.42. The Kier molecular flexibility index (Phi) is 7.66. The van der Waals surface area contributed by atoms with Crippen molar-refractivity contribution in [3.8, 4) is 0 Å². The lowest BCUT2D eigenvalue weighted by Crippen LogP contribution is -2.64. The summed E-state index contributed by atoms with van der Waals surface area (Å²) in [5, 5.41) is 0.458. The average Bonchev–Trinajstić information content (AvgIpc) is 3.82. The van der Waals surface area contributed by atoms with Gasteiger partial charge in [0.15, 0.2) is 0 Å². The van der Waals surface area contributed by atoms with Gasteiger partial charge in [-0.25, -0.2) is 4.99 Å². The van der Waals surface area contributed by atoms with Gasteiger partial charge in [-0.05, 0) is 56.6 Å². The first-order valence-corrected chi connectivity index (χ1v) is 16.5. The second kappa shape index (κ2) is 11.5. The van der Waals surface area contributed by atoms with E-state index in [2.05, 4.69) is 17.1 Å². The second-order valence-electron chi connectivity index (χ2n) is 13.1. The second-order valence-corrected chi connectivity index (χ2v) is 13.5. The Morgan fingerprint density at radius 3 is 2.58 bits per heavy atom. The van der Waals surface area contributed by atoms with Gasteiger partial charge in [0.2, 0.25) is 17.7 Å². The molecule has 236 valence electrons. The van der Waals surface area contributed by atoms with E-state index < -0.39 is 29.4 Å². The van der Waals surface area contributed by atoms with Crippen molar-refractivity contribution in [2.75, 3.05) is 19.6 Å². The fourth-order valence-corrected chi connectivity index (χ4v) is 8.66. The molecule has 6 heterocycles. The minimum absolute atomic E-state index is 0.0117. The van der Waals surface area contributed by atoms with Crippen LogP contribution in [0.2, 0.25) is 5.02 Å². The lowest BCUT2D eigenvalue weighted by molar-refractivity contribution is -0.155. The molecule has 4 fully saturated rings. The predicted molar refractivity (Wildman–Crippen MR) is 167 cm³/mol. The van der Waals surface area contributed by atoms with E-state index >= 15 is 0 Å². The number of carbonyl (C=O) groups excluding carboxylic acids is 5. The van der Waals surface area contributed by atoms with Crippen molar-refractivity contribution in [3.63, 3.8) is 0 Å². The van der Waals surface area contributed by atoms with Gasteiger partial charge >= 0.3 is 0 Å². The van der Waals surface area contributed by atoms with Gasteiger partial charge in [-0.3, -0.25) is 24.0 Å². The molecule has 45 heavy (non-hydrogen) atoms. The molecule has 0 radical (unpaired) electrons. The first-order chi connectivity index (χ1) is 21.7. The normalized spacial score (nSPS) is 32.3. The van der Waals surface area contributed by atoms with E-state index in [0.29, 0.717) is 55.9 Å². The van der Waals surface area contributed by atoms with E-state index in [1.165, 1.54) is 11.8 Å². The molecule has 0 aromatic heterocycles. The number of carbonyl (C=O) groups is 5. The number of hydrogen-bond acceptors (Lipinski definition) is 5. The smallest absolute Gasteiger partial charge is 0.269 e. The van der Waals surface area contributed by atoms with Crippen LogP contribution in [0.3, 0.4) is 0 Å². The molecular formula is C34H38ClN5O5. The summed E-state index contributed by atoms with van der Waals surface area (Å²) in [6, 6.07) is 5.69. The van der Waals surface area contributed by atoms with E-state index in [1.807, 2.05) is 17.1 Å². The predicted octanol–water partition coefficient (Wildman–Crippen LogP) is 2.94. The fraction of sp³-hybridized carbons (Fsp3) is 0.529. The third-order valence-electron chi connectivity index (χ3n) is 10.6. The number of benzene rings is 1. The topological polar surface area (TPSA) is 111 Å². The van der Waals surface area contributed by atoms with Crippen LogP contribution in [0.1, 0.15) is 57.4 Å². The molecule has 1 spiro atoms. The molecule has 11 heteroatoms. The Hall–Kier alpha value is -3.79. The SMILES string of the molecule is CC(=O)N=C(Cc1ccccc1Cl)C(=O)N1CCC[C@]12C=C[C@@H]1CC[C@@H](C(=O)N3CC[C@@H]4C=C[C@H]5CCCN5C(=O)[C@H]43)N1C2=O. The Balaban J connectivity index is 1.15. The maximum Gasteiger partial charge on any atom is 0.269 e. The number of rotatable bonds is 4. The zero-order valence-electron chi connectivity index (χ0n) is 25.4. The zero-order chi connectivity index (χ0) is 31.5. The number of amides is 5. The van der Waals surface area contributed by atoms with E-state index in [-0.39, 0.29) is 47.9 Å². The molecule has 0 saturated carbocycles. The van der Waals surface area contributed by atoms with E-state index in [9.17, 15) is 24.0 Å². The molecular weight excluding hydrogens is 594 g/mol. The third-order valence-corrected chi connectivity index (χ3v) is 10.9. The van der Waals surface area contributed by atoms with Crippen LogP contribution in [0.5, 0.6) is 0 Å². The first-order valence-electron chi connectivity index (χ1n) is 16.1. The third kappa shape index (κ3) is 4.92. The molecule has 4 saturated heterocycles. The summed E-state index contributed by atoms with van der Waals surface area (Å²) in [5.74, 6) is -1.47.